The summed E-state index contributed by atoms with van der Waals surface area (Å²) in [6.45, 7) is 0. The van der Waals surface area contributed by atoms with Gasteiger partial charge in [0, 0.05) is 11.0 Å². The number of rotatable bonds is 0. The van der Waals surface area contributed by atoms with Crippen LogP contribution in [0.1, 0.15) is 0 Å². The Morgan fingerprint density at radius 3 is 1.67 bits per heavy atom. The maximum Gasteiger partial charge on any atom is 0.171 e. The lowest BCUT2D eigenvalue weighted by molar-refractivity contribution is 2.15. The van der Waals surface area contributed by atoms with Crippen LogP contribution in [0.2, 0.25) is 0 Å². The quantitative estimate of drug-likeness (QED) is 0.377. The standard InChI is InChI=1S/C4H4B.Si/c1-2-4-5-3-1;/h1-4H;. The van der Waals surface area contributed by atoms with Crippen molar-refractivity contribution in [1.82, 2.24) is 0 Å². The summed E-state index contributed by atoms with van der Waals surface area (Å²) >= 11 is 0. The topological polar surface area (TPSA) is 0 Å². The van der Waals surface area contributed by atoms with E-state index in [-0.39, 0.29) is 11.0 Å². The molecule has 0 nitrogen and oxygen atoms in total. The van der Waals surface area contributed by atoms with Crippen molar-refractivity contribution >= 4 is 18.2 Å². The van der Waals surface area contributed by atoms with Crippen molar-refractivity contribution in [3.63, 3.8) is 0 Å². The fourth-order valence-electron chi connectivity index (χ4n) is 0.321. The Kier molecular flexibility index (Phi) is 2.85. The maximum atomic E-state index is 2.00. The van der Waals surface area contributed by atoms with Gasteiger partial charge in [0.25, 0.3) is 0 Å². The third-order valence-corrected chi connectivity index (χ3v) is 0.556. The van der Waals surface area contributed by atoms with Crippen molar-refractivity contribution < 1.29 is 0 Å². The van der Waals surface area contributed by atoms with Crippen molar-refractivity contribution in [2.24, 2.45) is 0 Å². The van der Waals surface area contributed by atoms with Gasteiger partial charge in [-0.3, -0.25) is 0 Å². The van der Waals surface area contributed by atoms with Crippen LogP contribution in [0.4, 0.5) is 0 Å². The normalized spacial score (nSPS) is 13.3. The van der Waals surface area contributed by atoms with Crippen LogP contribution >= 0.6 is 0 Å². The molecule has 1 aliphatic rings. The predicted octanol–water partition coefficient (Wildman–Crippen LogP) is 0.351. The Morgan fingerprint density at radius 2 is 1.50 bits per heavy atom. The van der Waals surface area contributed by atoms with Crippen LogP contribution in [0.25, 0.3) is 0 Å². The van der Waals surface area contributed by atoms with E-state index in [0.717, 1.165) is 0 Å². The molecule has 0 aromatic carbocycles. The van der Waals surface area contributed by atoms with Crippen LogP contribution in [0.15, 0.2) is 24.1 Å². The van der Waals surface area contributed by atoms with Crippen LogP contribution in [0.3, 0.4) is 0 Å². The summed E-state index contributed by atoms with van der Waals surface area (Å²) in [5.74, 6) is 4.00. The molecule has 0 spiro atoms. The van der Waals surface area contributed by atoms with E-state index in [2.05, 4.69) is 0 Å². The second kappa shape index (κ2) is 2.97. The van der Waals surface area contributed by atoms with Crippen LogP contribution in [-0.4, -0.2) is 18.2 Å². The summed E-state index contributed by atoms with van der Waals surface area (Å²) in [5.41, 5.74) is 0. The largest absolute Gasteiger partial charge is 0.171 e. The summed E-state index contributed by atoms with van der Waals surface area (Å²) in [5, 5.41) is 0. The highest BCUT2D eigenvalue weighted by atomic mass is 28.1. The molecule has 0 bridgehead atoms. The predicted molar refractivity (Wildman–Crippen MR) is 29.8 cm³/mol. The summed E-state index contributed by atoms with van der Waals surface area (Å²) in [6.07, 6.45) is 4.00. The van der Waals surface area contributed by atoms with E-state index < -0.39 is 0 Å². The molecule has 1 heterocycles. The third-order valence-electron chi connectivity index (χ3n) is 0.556. The summed E-state index contributed by atoms with van der Waals surface area (Å²) in [4.78, 5) is 0. The highest BCUT2D eigenvalue weighted by Crippen LogP contribution is 1.82. The molecule has 5 radical (unpaired) electrons. The van der Waals surface area contributed by atoms with Crippen molar-refractivity contribution in [1.29, 1.82) is 0 Å². The van der Waals surface area contributed by atoms with Gasteiger partial charge in [-0.05, 0) is 0 Å². The first-order valence-electron chi connectivity index (χ1n) is 1.67. The summed E-state index contributed by atoms with van der Waals surface area (Å²) in [6, 6.07) is 0. The van der Waals surface area contributed by atoms with E-state index in [9.17, 15) is 0 Å². The lowest BCUT2D eigenvalue weighted by atomic mass is 9.83. The van der Waals surface area contributed by atoms with Gasteiger partial charge < -0.3 is 0 Å². The van der Waals surface area contributed by atoms with Crippen molar-refractivity contribution in [3.05, 3.63) is 24.1 Å². The van der Waals surface area contributed by atoms with E-state index >= 15 is 0 Å². The summed E-state index contributed by atoms with van der Waals surface area (Å²) < 4.78 is 0. The molecule has 6 heavy (non-hydrogen) atoms. The molecule has 27 valence electrons. The fraction of sp³-hybridized carbons (Fsp3) is 0. The molecule has 0 aromatic heterocycles. The van der Waals surface area contributed by atoms with Gasteiger partial charge in [0.2, 0.25) is 0 Å². The third kappa shape index (κ3) is 1.27. The number of allylic oxidation sites excluding steroid dienone is 2. The number of hydrogen-bond donors (Lipinski definition) is 0. The molecule has 0 aliphatic carbocycles. The lowest BCUT2D eigenvalue weighted by Crippen LogP contribution is -1.63. The van der Waals surface area contributed by atoms with Gasteiger partial charge in [0.1, 0.15) is 0 Å². The van der Waals surface area contributed by atoms with Gasteiger partial charge >= 0.3 is 0 Å². The average molecular weight is 91.0 g/mol. The molecule has 0 saturated heterocycles. The van der Waals surface area contributed by atoms with E-state index in [1.165, 1.54) is 0 Å². The van der Waals surface area contributed by atoms with E-state index in [1.54, 1.807) is 0 Å². The monoisotopic (exact) mass is 91.0 g/mol. The molecule has 0 atom stereocenters. The Balaban J connectivity index is 0.000000250. The molecule has 1 aliphatic heterocycles. The zero-order valence-corrected chi connectivity index (χ0v) is 4.39. The molecule has 0 aromatic rings. The van der Waals surface area contributed by atoms with Crippen LogP contribution < -0.4 is 0 Å². The van der Waals surface area contributed by atoms with Crippen molar-refractivity contribution in [3.8, 4) is 0 Å². The molecular weight excluding hydrogens is 86.9 g/mol. The molecule has 0 fully saturated rings. The fourth-order valence-corrected chi connectivity index (χ4v) is 0.321. The Hall–Kier alpha value is -0.238. The molecule has 1 rings (SSSR count). The highest BCUT2D eigenvalue weighted by molar-refractivity contribution is 6.49. The number of hydrogen-bond acceptors (Lipinski definition) is 0. The van der Waals surface area contributed by atoms with E-state index in [4.69, 9.17) is 0 Å². The Labute approximate surface area is 43.2 Å². The maximum absolute atomic E-state index is 2.00. The minimum absolute atomic E-state index is 0. The van der Waals surface area contributed by atoms with Gasteiger partial charge in [0.15, 0.2) is 7.28 Å². The second-order valence-corrected chi connectivity index (χ2v) is 0.962. The SMILES string of the molecule is [B]1C=CC=C1.[Si]. The van der Waals surface area contributed by atoms with Gasteiger partial charge in [-0.1, -0.05) is 12.2 Å². The van der Waals surface area contributed by atoms with Gasteiger partial charge in [-0.2, -0.15) is 0 Å². The molecule has 0 amide bonds. The summed E-state index contributed by atoms with van der Waals surface area (Å²) in [7, 11) is 2.00. The smallest absolute Gasteiger partial charge is 0.117 e. The Morgan fingerprint density at radius 1 is 1.00 bits per heavy atom. The van der Waals surface area contributed by atoms with Crippen LogP contribution in [0.5, 0.6) is 0 Å². The molecule has 0 unspecified atom stereocenters. The van der Waals surface area contributed by atoms with E-state index in [1.807, 2.05) is 31.4 Å². The molecule has 0 N–H and O–H groups in total. The van der Waals surface area contributed by atoms with Crippen LogP contribution in [0, 0.1) is 0 Å². The average Bonchev–Trinajstić information content (AvgIpc) is 1.76. The van der Waals surface area contributed by atoms with Crippen LogP contribution in [-0.2, 0) is 0 Å². The zero-order valence-electron chi connectivity index (χ0n) is 3.39. The van der Waals surface area contributed by atoms with Crippen molar-refractivity contribution in [2.75, 3.05) is 0 Å². The minimum Gasteiger partial charge on any atom is -0.117 e. The second-order valence-electron chi connectivity index (χ2n) is 0.962. The molecule has 2 heteroatoms. The first-order chi connectivity index (χ1) is 2.50. The zero-order chi connectivity index (χ0) is 3.54. The lowest BCUT2D eigenvalue weighted by Gasteiger charge is -1.51. The highest BCUT2D eigenvalue weighted by Gasteiger charge is 1.75. The van der Waals surface area contributed by atoms with Gasteiger partial charge in [-0.25, -0.2) is 0 Å². The Bertz CT molecular complexity index is 65.6. The minimum atomic E-state index is 0. The first kappa shape index (κ1) is 5.76. The van der Waals surface area contributed by atoms with Gasteiger partial charge in [-0.15, -0.1) is 12.0 Å². The van der Waals surface area contributed by atoms with Crippen molar-refractivity contribution in [2.45, 2.75) is 0 Å². The molecule has 0 saturated carbocycles. The van der Waals surface area contributed by atoms with Gasteiger partial charge in [0.05, 0.1) is 0 Å². The first-order valence-corrected chi connectivity index (χ1v) is 1.67. The van der Waals surface area contributed by atoms with E-state index in [0.29, 0.717) is 0 Å². The molecular formula is C4H4BSi.